The van der Waals surface area contributed by atoms with Gasteiger partial charge < -0.3 is 4.74 Å². The molecule has 23 heavy (non-hydrogen) atoms. The van der Waals surface area contributed by atoms with Crippen LogP contribution in [-0.2, 0) is 0 Å². The van der Waals surface area contributed by atoms with E-state index in [1.807, 2.05) is 0 Å². The van der Waals surface area contributed by atoms with Crippen molar-refractivity contribution in [1.82, 2.24) is 15.2 Å². The molecule has 3 aromatic rings. The van der Waals surface area contributed by atoms with Crippen molar-refractivity contribution >= 4 is 28.5 Å². The van der Waals surface area contributed by atoms with Crippen LogP contribution in [0.3, 0.4) is 0 Å². The molecular weight excluding hydrogens is 296 g/mol. The molecule has 0 atom stereocenters. The van der Waals surface area contributed by atoms with E-state index in [1.54, 1.807) is 31.2 Å². The van der Waals surface area contributed by atoms with Gasteiger partial charge in [-0.3, -0.25) is 14.7 Å². The predicted octanol–water partition coefficient (Wildman–Crippen LogP) is 2.08. The molecule has 1 aliphatic heterocycles. The fraction of sp³-hybridized carbons (Fsp3) is 0.125. The molecule has 0 fully saturated rings. The molecule has 1 aromatic carbocycles. The Kier molecular flexibility index (Phi) is 2.71. The number of H-pyrrole nitrogens is 1. The number of aryl methyl sites for hydroxylation is 1. The first-order chi connectivity index (χ1) is 11.1. The van der Waals surface area contributed by atoms with Gasteiger partial charge in [-0.1, -0.05) is 6.07 Å². The van der Waals surface area contributed by atoms with E-state index >= 15 is 0 Å². The van der Waals surface area contributed by atoms with Crippen molar-refractivity contribution in [3.05, 3.63) is 47.3 Å². The molecule has 7 heteroatoms. The number of aromatic nitrogens is 3. The number of fused-ring (bicyclic) bond motifs is 3. The van der Waals surface area contributed by atoms with E-state index in [4.69, 9.17) is 4.74 Å². The van der Waals surface area contributed by atoms with Crippen LogP contribution in [-0.4, -0.2) is 34.1 Å². The average Bonchev–Trinajstić information content (AvgIpc) is 3.06. The number of benzene rings is 1. The van der Waals surface area contributed by atoms with E-state index in [-0.39, 0.29) is 11.5 Å². The van der Waals surface area contributed by atoms with E-state index in [0.717, 1.165) is 4.90 Å². The Balaban J connectivity index is 1.92. The molecule has 2 aromatic heterocycles. The summed E-state index contributed by atoms with van der Waals surface area (Å²) in [4.78, 5) is 30.8. The summed E-state index contributed by atoms with van der Waals surface area (Å²) in [5.74, 6) is -0.203. The van der Waals surface area contributed by atoms with Crippen LogP contribution < -0.4 is 9.64 Å². The number of carbonyl (C=O) groups is 2. The normalized spacial score (nSPS) is 13.7. The second kappa shape index (κ2) is 4.64. The molecular formula is C16H12N4O3. The lowest BCUT2D eigenvalue weighted by Gasteiger charge is -2.14. The minimum Gasteiger partial charge on any atom is -0.497 e. The highest BCUT2D eigenvalue weighted by atomic mass is 16.5. The molecule has 0 aliphatic carbocycles. The Morgan fingerprint density at radius 1 is 1.22 bits per heavy atom. The molecule has 0 saturated carbocycles. The second-order valence-corrected chi connectivity index (χ2v) is 5.24. The van der Waals surface area contributed by atoms with Crippen LogP contribution >= 0.6 is 0 Å². The van der Waals surface area contributed by atoms with Crippen molar-refractivity contribution in [3.8, 4) is 5.75 Å². The molecule has 0 bridgehead atoms. The first-order valence-electron chi connectivity index (χ1n) is 6.98. The first-order valence-corrected chi connectivity index (χ1v) is 6.98. The van der Waals surface area contributed by atoms with Crippen LogP contribution in [0.15, 0.2) is 30.5 Å². The standard InChI is InChI=1S/C16H12N4O3/c1-8-12-13-11(7-17-14(12)19-18-8)15(21)20(16(13)22)9-4-3-5-10(6-9)23-2/h3-7H,1-2H3,(H,17,18,19). The van der Waals surface area contributed by atoms with Crippen LogP contribution in [0.25, 0.3) is 11.0 Å². The van der Waals surface area contributed by atoms with Gasteiger partial charge in [0.25, 0.3) is 11.8 Å². The summed E-state index contributed by atoms with van der Waals surface area (Å²) in [6, 6.07) is 6.82. The number of hydrogen-bond donors (Lipinski definition) is 1. The lowest BCUT2D eigenvalue weighted by molar-refractivity contribution is 0.0926. The number of rotatable bonds is 2. The first kappa shape index (κ1) is 13.4. The molecule has 4 rings (SSSR count). The molecule has 0 unspecified atom stereocenters. The van der Waals surface area contributed by atoms with Gasteiger partial charge in [-0.15, -0.1) is 0 Å². The number of aromatic amines is 1. The summed E-state index contributed by atoms with van der Waals surface area (Å²) in [6.45, 7) is 1.79. The third-order valence-corrected chi connectivity index (χ3v) is 3.93. The van der Waals surface area contributed by atoms with Crippen molar-refractivity contribution in [2.45, 2.75) is 6.92 Å². The SMILES string of the molecule is COc1cccc(N2C(=O)c3cnc4n[nH]c(C)c4c3C2=O)c1. The number of amides is 2. The van der Waals surface area contributed by atoms with E-state index < -0.39 is 5.91 Å². The number of anilines is 1. The van der Waals surface area contributed by atoms with Gasteiger partial charge in [0, 0.05) is 18.0 Å². The van der Waals surface area contributed by atoms with E-state index in [0.29, 0.717) is 33.7 Å². The van der Waals surface area contributed by atoms with Gasteiger partial charge in [0.15, 0.2) is 5.65 Å². The number of nitrogens with one attached hydrogen (secondary N) is 1. The summed E-state index contributed by atoms with van der Waals surface area (Å²) in [5.41, 5.74) is 2.22. The highest BCUT2D eigenvalue weighted by molar-refractivity contribution is 6.37. The molecule has 7 nitrogen and oxygen atoms in total. The Morgan fingerprint density at radius 2 is 2.04 bits per heavy atom. The lowest BCUT2D eigenvalue weighted by atomic mass is 10.1. The summed E-state index contributed by atoms with van der Waals surface area (Å²) in [6.07, 6.45) is 1.40. The van der Waals surface area contributed by atoms with Gasteiger partial charge in [0.1, 0.15) is 5.75 Å². The summed E-state index contributed by atoms with van der Waals surface area (Å²) >= 11 is 0. The fourth-order valence-electron chi connectivity index (χ4n) is 2.83. The van der Waals surface area contributed by atoms with Crippen molar-refractivity contribution in [2.75, 3.05) is 12.0 Å². The van der Waals surface area contributed by atoms with Crippen LogP contribution in [0.2, 0.25) is 0 Å². The largest absolute Gasteiger partial charge is 0.497 e. The van der Waals surface area contributed by atoms with Crippen LogP contribution in [0.4, 0.5) is 5.69 Å². The van der Waals surface area contributed by atoms with Gasteiger partial charge in [0.05, 0.1) is 29.3 Å². The number of hydrogen-bond acceptors (Lipinski definition) is 5. The van der Waals surface area contributed by atoms with Gasteiger partial charge in [-0.25, -0.2) is 9.88 Å². The van der Waals surface area contributed by atoms with Gasteiger partial charge in [-0.2, -0.15) is 5.10 Å². The molecule has 0 saturated heterocycles. The monoisotopic (exact) mass is 308 g/mol. The fourth-order valence-corrected chi connectivity index (χ4v) is 2.83. The van der Waals surface area contributed by atoms with Crippen LogP contribution in [0.5, 0.6) is 5.75 Å². The molecule has 3 heterocycles. The average molecular weight is 308 g/mol. The topological polar surface area (TPSA) is 88.2 Å². The highest BCUT2D eigenvalue weighted by Crippen LogP contribution is 2.34. The Bertz CT molecular complexity index is 977. The molecule has 1 N–H and O–H groups in total. The zero-order valence-corrected chi connectivity index (χ0v) is 12.5. The zero-order chi connectivity index (χ0) is 16.1. The van der Waals surface area contributed by atoms with E-state index in [9.17, 15) is 9.59 Å². The maximum absolute atomic E-state index is 12.9. The lowest BCUT2D eigenvalue weighted by Crippen LogP contribution is -2.29. The van der Waals surface area contributed by atoms with Crippen LogP contribution in [0, 0.1) is 6.92 Å². The predicted molar refractivity (Wildman–Crippen MR) is 82.8 cm³/mol. The van der Waals surface area contributed by atoms with Gasteiger partial charge in [0.2, 0.25) is 0 Å². The number of methoxy groups -OCH3 is 1. The third-order valence-electron chi connectivity index (χ3n) is 3.93. The molecule has 0 radical (unpaired) electrons. The third kappa shape index (κ3) is 1.76. The van der Waals surface area contributed by atoms with Crippen molar-refractivity contribution in [2.24, 2.45) is 0 Å². The van der Waals surface area contributed by atoms with Crippen molar-refractivity contribution in [1.29, 1.82) is 0 Å². The number of pyridine rings is 1. The smallest absolute Gasteiger partial charge is 0.267 e. The Morgan fingerprint density at radius 3 is 2.83 bits per heavy atom. The number of imide groups is 1. The quantitative estimate of drug-likeness (QED) is 0.732. The Labute approximate surface area is 130 Å². The number of nitrogens with zero attached hydrogens (tertiary/aromatic N) is 3. The van der Waals surface area contributed by atoms with Crippen LogP contribution in [0.1, 0.15) is 26.4 Å². The minimum absolute atomic E-state index is 0.287. The molecule has 1 aliphatic rings. The number of ether oxygens (including phenoxy) is 1. The van der Waals surface area contributed by atoms with Gasteiger partial charge in [-0.05, 0) is 19.1 Å². The molecule has 2 amide bonds. The second-order valence-electron chi connectivity index (χ2n) is 5.24. The maximum atomic E-state index is 12.9. The van der Waals surface area contributed by atoms with E-state index in [2.05, 4.69) is 15.2 Å². The maximum Gasteiger partial charge on any atom is 0.267 e. The zero-order valence-electron chi connectivity index (χ0n) is 12.5. The van der Waals surface area contributed by atoms with Crippen molar-refractivity contribution < 1.29 is 14.3 Å². The summed E-state index contributed by atoms with van der Waals surface area (Å²) < 4.78 is 5.16. The highest BCUT2D eigenvalue weighted by Gasteiger charge is 2.39. The molecule has 114 valence electrons. The molecule has 0 spiro atoms. The Hall–Kier alpha value is -3.22. The van der Waals surface area contributed by atoms with E-state index in [1.165, 1.54) is 13.3 Å². The summed E-state index contributed by atoms with van der Waals surface area (Å²) in [7, 11) is 1.53. The number of carbonyl (C=O) groups excluding carboxylic acids is 2. The minimum atomic E-state index is -0.395. The van der Waals surface area contributed by atoms with Gasteiger partial charge >= 0.3 is 0 Å². The summed E-state index contributed by atoms with van der Waals surface area (Å²) in [5, 5.41) is 7.43. The van der Waals surface area contributed by atoms with Crippen molar-refractivity contribution in [3.63, 3.8) is 0 Å².